The van der Waals surface area contributed by atoms with Crippen molar-refractivity contribution in [2.45, 2.75) is 55.9 Å². The fraction of sp³-hybridized carbons (Fsp3) is 0.550. The summed E-state index contributed by atoms with van der Waals surface area (Å²) in [4.78, 5) is 39.1. The van der Waals surface area contributed by atoms with Crippen molar-refractivity contribution in [3.8, 4) is 0 Å². The van der Waals surface area contributed by atoms with Gasteiger partial charge in [-0.3, -0.25) is 37.2 Å². The number of nitrogen functional groups attached to an aromatic ring is 1. The number of hydrogen-bond acceptors (Lipinski definition) is 16. The molecular formula is C20H22FN9O10P2S2. The van der Waals surface area contributed by atoms with E-state index in [0.717, 1.165) is 4.68 Å². The van der Waals surface area contributed by atoms with E-state index in [1.165, 1.54) is 17.1 Å². The van der Waals surface area contributed by atoms with Gasteiger partial charge in [0.15, 0.2) is 47.1 Å². The van der Waals surface area contributed by atoms with Gasteiger partial charge in [-0.15, -0.1) is 5.10 Å². The number of nitrogens with zero attached hydrogens (tertiary/aromatic N) is 7. The number of carbonyl (C=O) groups excluding carboxylic acids is 1. The number of carbonyl (C=O) groups is 1. The van der Waals surface area contributed by atoms with E-state index in [-0.39, 0.29) is 53.9 Å². The van der Waals surface area contributed by atoms with E-state index in [1.54, 1.807) is 0 Å². The molecule has 0 saturated carbocycles. The molecule has 3 fully saturated rings. The molecule has 3 aromatic rings. The Morgan fingerprint density at radius 1 is 1.07 bits per heavy atom. The van der Waals surface area contributed by atoms with Crippen molar-refractivity contribution in [3.63, 3.8) is 0 Å². The molecule has 4 aliphatic rings. The summed E-state index contributed by atoms with van der Waals surface area (Å²) >= 11 is 8.11. The Balaban J connectivity index is 1.18. The molecule has 7 rings (SSSR count). The maximum Gasteiger partial charge on any atom is 0.386 e. The summed E-state index contributed by atoms with van der Waals surface area (Å²) in [7, 11) is 0. The number of aliphatic imine (C=N–C) groups is 1. The maximum absolute atomic E-state index is 15.9. The molecule has 9 atom stereocenters. The van der Waals surface area contributed by atoms with Crippen LogP contribution in [-0.4, -0.2) is 90.3 Å². The van der Waals surface area contributed by atoms with Crippen LogP contribution in [0.1, 0.15) is 35.8 Å². The molecular weight excluding hydrogens is 671 g/mol. The number of rotatable bonds is 2. The van der Waals surface area contributed by atoms with E-state index in [2.05, 4.69) is 54.8 Å². The van der Waals surface area contributed by atoms with Crippen molar-refractivity contribution in [2.24, 2.45) is 4.99 Å². The molecule has 0 spiro atoms. The van der Waals surface area contributed by atoms with Crippen LogP contribution in [0.5, 0.6) is 0 Å². The Morgan fingerprint density at radius 3 is 2.66 bits per heavy atom. The molecule has 0 amide bonds. The van der Waals surface area contributed by atoms with Gasteiger partial charge in [-0.1, -0.05) is 29.7 Å². The van der Waals surface area contributed by atoms with Gasteiger partial charge >= 0.3 is 13.6 Å². The summed E-state index contributed by atoms with van der Waals surface area (Å²) in [6.07, 6.45) is -7.05. The van der Waals surface area contributed by atoms with Crippen LogP contribution >= 0.6 is 38.1 Å². The number of nitrogens with one attached hydrogen (secondary N) is 1. The fourth-order valence-corrected chi connectivity index (χ4v) is 8.24. The minimum absolute atomic E-state index is 0.00234. The second-order valence-electron chi connectivity index (χ2n) is 10.1. The van der Waals surface area contributed by atoms with Crippen LogP contribution in [0, 0.1) is 0 Å². The minimum atomic E-state index is -4.30. The van der Waals surface area contributed by atoms with Gasteiger partial charge in [0.1, 0.15) is 18.3 Å². The lowest BCUT2D eigenvalue weighted by Crippen LogP contribution is -2.33. The third-order valence-electron chi connectivity index (χ3n) is 7.15. The average Bonchev–Trinajstić information content (AvgIpc) is 3.72. The van der Waals surface area contributed by atoms with Gasteiger partial charge in [0, 0.05) is 19.1 Å². The van der Waals surface area contributed by atoms with E-state index in [9.17, 15) is 18.7 Å². The largest absolute Gasteiger partial charge is 0.386 e. The molecule has 0 radical (unpaired) electrons. The Kier molecular flexibility index (Phi) is 7.59. The first kappa shape index (κ1) is 30.2. The smallest absolute Gasteiger partial charge is 0.369 e. The number of hydrogen-bond donors (Lipinski definition) is 4. The van der Waals surface area contributed by atoms with Gasteiger partial charge in [-0.05, 0) is 0 Å². The highest BCUT2D eigenvalue weighted by atomic mass is 32.7. The SMILES string of the molecule is Nc1nc2c(ncn2[C@@H]2O[C@@H]3COP(=O)(S)O[C@H]4[C@H](F)[C@H](n5nnc6c5N=CCC6=O)O[C@@H]4COP(=O)(S)O[C@@H]2C3)c(=O)[nH]1. The van der Waals surface area contributed by atoms with Gasteiger partial charge in [-0.25, -0.2) is 23.5 Å². The average molecular weight is 694 g/mol. The molecule has 4 aliphatic heterocycles. The first-order valence-electron chi connectivity index (χ1n) is 12.9. The van der Waals surface area contributed by atoms with Crippen molar-refractivity contribution in [3.05, 3.63) is 22.4 Å². The Hall–Kier alpha value is -2.52. The zero-order valence-electron chi connectivity index (χ0n) is 22.0. The monoisotopic (exact) mass is 693 g/mol. The number of fused-ring (bicyclic) bond motifs is 5. The fourth-order valence-electron chi connectivity index (χ4n) is 5.25. The summed E-state index contributed by atoms with van der Waals surface area (Å²) in [6.45, 7) is -9.56. The summed E-state index contributed by atoms with van der Waals surface area (Å²) in [5.41, 5.74) is 5.04. The molecule has 2 bridgehead atoms. The standard InChI is InChI=1S/C20H22FN9O10P2S2/c21-11-14-10(38-19(11)30-15-12(27-28-30)8(31)1-2-23-15)5-36-41(33,43)39-9-3-7(4-35-42(34,44)40-14)37-18(9)29-6-24-13-16(29)25-20(22)26-17(13)32/h2,6-7,9-11,14,18-19H,1,3-5H2,(H,33,43)(H,34,44)(H3,22,25,26,32)/t7-,9+,10+,11-,14+,18+,19+,41?,42?/m0/s1. The minimum Gasteiger partial charge on any atom is -0.369 e. The van der Waals surface area contributed by atoms with Crippen LogP contribution in [0.3, 0.4) is 0 Å². The number of aromatic amines is 1. The lowest BCUT2D eigenvalue weighted by molar-refractivity contribution is -0.0586. The Morgan fingerprint density at radius 2 is 1.84 bits per heavy atom. The van der Waals surface area contributed by atoms with E-state index in [0.29, 0.717) is 0 Å². The molecule has 0 aliphatic carbocycles. The van der Waals surface area contributed by atoms with Crippen LogP contribution in [0.4, 0.5) is 16.2 Å². The number of H-pyrrole nitrogens is 1. The molecule has 19 nitrogen and oxygen atoms in total. The highest BCUT2D eigenvalue weighted by Crippen LogP contribution is 2.60. The number of halogens is 1. The van der Waals surface area contributed by atoms with Gasteiger partial charge in [0.2, 0.25) is 5.95 Å². The predicted molar refractivity (Wildman–Crippen MR) is 152 cm³/mol. The molecule has 3 aromatic heterocycles. The molecule has 3 saturated heterocycles. The second-order valence-corrected chi connectivity index (χ2v) is 15.8. The molecule has 44 heavy (non-hydrogen) atoms. The highest BCUT2D eigenvalue weighted by Gasteiger charge is 2.53. The Bertz CT molecular complexity index is 1840. The number of thiol groups is 2. The van der Waals surface area contributed by atoms with Crippen LogP contribution in [0.25, 0.3) is 11.2 Å². The van der Waals surface area contributed by atoms with Gasteiger partial charge in [0.05, 0.1) is 25.6 Å². The quantitative estimate of drug-likeness (QED) is 0.221. The number of aromatic nitrogens is 7. The summed E-state index contributed by atoms with van der Waals surface area (Å²) in [5, 5.41) is 7.60. The number of ether oxygens (including phenoxy) is 2. The number of Topliss-reactive ketones (excluding diaryl/α,β-unsaturated/α-hetero) is 1. The molecule has 2 unspecified atom stereocenters. The number of anilines is 1. The lowest BCUT2D eigenvalue weighted by atomic mass is 10.1. The third kappa shape index (κ3) is 5.46. The van der Waals surface area contributed by atoms with Crippen molar-refractivity contribution in [2.75, 3.05) is 18.9 Å². The van der Waals surface area contributed by atoms with Crippen molar-refractivity contribution >= 4 is 73.0 Å². The zero-order valence-corrected chi connectivity index (χ0v) is 25.6. The highest BCUT2D eigenvalue weighted by molar-refractivity contribution is 8.44. The first-order chi connectivity index (χ1) is 20.9. The first-order valence-corrected chi connectivity index (χ1v) is 18.3. The van der Waals surface area contributed by atoms with Crippen LogP contribution in [0.15, 0.2) is 16.1 Å². The predicted octanol–water partition coefficient (Wildman–Crippen LogP) is 1.70. The zero-order chi connectivity index (χ0) is 31.0. The van der Waals surface area contributed by atoms with Gasteiger partial charge in [0.25, 0.3) is 5.56 Å². The van der Waals surface area contributed by atoms with Gasteiger partial charge < -0.3 is 15.2 Å². The molecule has 7 heterocycles. The number of imidazole rings is 1. The maximum atomic E-state index is 15.9. The molecule has 24 heteroatoms. The van der Waals surface area contributed by atoms with E-state index in [4.69, 9.17) is 33.3 Å². The number of nitrogens with two attached hydrogens (primary N) is 1. The number of alkyl halides is 1. The molecule has 236 valence electrons. The third-order valence-corrected chi connectivity index (χ3v) is 10.4. The van der Waals surface area contributed by atoms with E-state index >= 15 is 4.39 Å². The molecule has 0 aromatic carbocycles. The van der Waals surface area contributed by atoms with Crippen molar-refractivity contribution < 1.29 is 45.9 Å². The summed E-state index contributed by atoms with van der Waals surface area (Å²) in [6, 6.07) is 0. The van der Waals surface area contributed by atoms with Crippen molar-refractivity contribution in [1.82, 2.24) is 34.5 Å². The number of ketones is 1. The van der Waals surface area contributed by atoms with Gasteiger partial charge in [-0.2, -0.15) is 9.67 Å². The summed E-state index contributed by atoms with van der Waals surface area (Å²) in [5.74, 6) is -0.594. The van der Waals surface area contributed by atoms with E-state index < -0.39 is 68.8 Å². The lowest BCUT2D eigenvalue weighted by Gasteiger charge is -2.26. The summed E-state index contributed by atoms with van der Waals surface area (Å²) < 4.78 is 79.0. The Labute approximate surface area is 255 Å². The second kappa shape index (κ2) is 11.1. The normalized spacial score (nSPS) is 37.7. The topological polar surface area (TPSA) is 239 Å². The van der Waals surface area contributed by atoms with Crippen molar-refractivity contribution in [1.29, 1.82) is 0 Å². The van der Waals surface area contributed by atoms with Crippen LogP contribution < -0.4 is 11.3 Å². The van der Waals surface area contributed by atoms with Crippen LogP contribution in [-0.2, 0) is 36.7 Å². The molecule has 3 N–H and O–H groups in total. The van der Waals surface area contributed by atoms with E-state index in [1.807, 2.05) is 0 Å². The van der Waals surface area contributed by atoms with Crippen LogP contribution in [0.2, 0.25) is 0 Å².